The maximum atomic E-state index is 11.2. The monoisotopic (exact) mass is 223 g/mol. The minimum atomic E-state index is -3.05. The van der Waals surface area contributed by atoms with Crippen LogP contribution in [0.2, 0.25) is 0 Å². The number of sulfone groups is 1. The van der Waals surface area contributed by atoms with Gasteiger partial charge in [0, 0.05) is 13.4 Å². The lowest BCUT2D eigenvalue weighted by atomic mass is 10.1. The van der Waals surface area contributed by atoms with Gasteiger partial charge < -0.3 is 10.5 Å². The van der Waals surface area contributed by atoms with Gasteiger partial charge in [-0.05, 0) is 6.42 Å². The van der Waals surface area contributed by atoms with Crippen molar-refractivity contribution in [3.8, 4) is 0 Å². The number of rotatable bonds is 4. The van der Waals surface area contributed by atoms with Gasteiger partial charge in [0.1, 0.15) is 0 Å². The van der Waals surface area contributed by atoms with E-state index in [0.717, 1.165) is 0 Å². The molecule has 76 valence electrons. The second-order valence-corrected chi connectivity index (χ2v) is 6.14. The van der Waals surface area contributed by atoms with Gasteiger partial charge in [0.2, 0.25) is 0 Å². The Morgan fingerprint density at radius 3 is 2.54 bits per heavy atom. The van der Waals surface area contributed by atoms with Crippen LogP contribution in [-0.2, 0) is 14.6 Å². The highest BCUT2D eigenvalue weighted by Crippen LogP contribution is 2.50. The molecule has 0 spiro atoms. The van der Waals surface area contributed by atoms with Gasteiger partial charge >= 0.3 is 0 Å². The van der Waals surface area contributed by atoms with Crippen molar-refractivity contribution in [2.24, 2.45) is 11.1 Å². The fourth-order valence-electron chi connectivity index (χ4n) is 1.57. The fourth-order valence-corrected chi connectivity index (χ4v) is 3.55. The number of ether oxygens (including phenoxy) is 1. The first-order valence-electron chi connectivity index (χ1n) is 3.82. The predicted molar refractivity (Wildman–Crippen MR) is 54.3 cm³/mol. The van der Waals surface area contributed by atoms with Gasteiger partial charge in [-0.3, -0.25) is 0 Å². The molecule has 2 atom stereocenters. The van der Waals surface area contributed by atoms with Gasteiger partial charge in [-0.25, -0.2) is 8.42 Å². The molecule has 0 saturated heterocycles. The molecule has 1 aliphatic rings. The van der Waals surface area contributed by atoms with Crippen molar-refractivity contribution in [3.05, 3.63) is 0 Å². The molecule has 13 heavy (non-hydrogen) atoms. The van der Waals surface area contributed by atoms with Crippen LogP contribution in [0.4, 0.5) is 0 Å². The third-order valence-corrected chi connectivity index (χ3v) is 4.47. The Bertz CT molecular complexity index is 325. The van der Waals surface area contributed by atoms with Crippen LogP contribution in [-0.4, -0.2) is 38.6 Å². The van der Waals surface area contributed by atoms with Crippen molar-refractivity contribution in [2.75, 3.05) is 20.0 Å². The molecule has 6 heteroatoms. The maximum absolute atomic E-state index is 11.2. The van der Waals surface area contributed by atoms with Crippen LogP contribution in [0.1, 0.15) is 6.42 Å². The number of thiocarbonyl (C=S) groups is 1. The maximum Gasteiger partial charge on any atom is 0.151 e. The van der Waals surface area contributed by atoms with E-state index in [2.05, 4.69) is 0 Å². The third-order valence-electron chi connectivity index (χ3n) is 2.42. The summed E-state index contributed by atoms with van der Waals surface area (Å²) >= 11 is 4.84. The summed E-state index contributed by atoms with van der Waals surface area (Å²) in [5, 5.41) is -0.447. The predicted octanol–water partition coefficient (Wildman–Crippen LogP) is -0.278. The molecule has 1 saturated carbocycles. The van der Waals surface area contributed by atoms with Crippen LogP contribution in [0.3, 0.4) is 0 Å². The molecule has 0 aliphatic heterocycles. The summed E-state index contributed by atoms with van der Waals surface area (Å²) in [6.07, 6.45) is 1.70. The molecule has 0 amide bonds. The molecule has 0 aromatic rings. The van der Waals surface area contributed by atoms with Crippen LogP contribution in [0.25, 0.3) is 0 Å². The van der Waals surface area contributed by atoms with Crippen molar-refractivity contribution in [1.29, 1.82) is 0 Å². The summed E-state index contributed by atoms with van der Waals surface area (Å²) in [5.74, 6) is 0. The first kappa shape index (κ1) is 10.9. The van der Waals surface area contributed by atoms with E-state index < -0.39 is 20.5 Å². The van der Waals surface area contributed by atoms with E-state index >= 15 is 0 Å². The zero-order chi connectivity index (χ0) is 10.3. The fraction of sp³-hybridized carbons (Fsp3) is 0.857. The van der Waals surface area contributed by atoms with E-state index in [-0.39, 0.29) is 4.99 Å². The molecule has 1 fully saturated rings. The van der Waals surface area contributed by atoms with Gasteiger partial charge in [0.15, 0.2) is 9.84 Å². The summed E-state index contributed by atoms with van der Waals surface area (Å²) in [5.41, 5.74) is 4.89. The lowest BCUT2D eigenvalue weighted by Crippen LogP contribution is -2.32. The normalized spacial score (nSPS) is 32.9. The second kappa shape index (κ2) is 3.18. The standard InChI is InChI=1S/C7H13NO3S2/c1-11-4-7(6(8)12)3-5(7)13(2,9)10/h5H,3-4H2,1-2H3,(H2,8,12). The summed E-state index contributed by atoms with van der Waals surface area (Å²) < 4.78 is 27.4. The Morgan fingerprint density at radius 1 is 1.77 bits per heavy atom. The van der Waals surface area contributed by atoms with E-state index in [1.54, 1.807) is 0 Å². The van der Waals surface area contributed by atoms with E-state index in [4.69, 9.17) is 22.7 Å². The average molecular weight is 223 g/mol. The van der Waals surface area contributed by atoms with Crippen LogP contribution in [0.5, 0.6) is 0 Å². The summed E-state index contributed by atoms with van der Waals surface area (Å²) in [4.78, 5) is 0.241. The molecule has 2 N–H and O–H groups in total. The van der Waals surface area contributed by atoms with Crippen LogP contribution in [0.15, 0.2) is 0 Å². The highest BCUT2D eigenvalue weighted by atomic mass is 32.2. The Balaban J connectivity index is 2.85. The number of methoxy groups -OCH3 is 1. The topological polar surface area (TPSA) is 69.4 Å². The molecule has 2 unspecified atom stereocenters. The van der Waals surface area contributed by atoms with Crippen LogP contribution >= 0.6 is 12.2 Å². The first-order valence-corrected chi connectivity index (χ1v) is 6.18. The lowest BCUT2D eigenvalue weighted by Gasteiger charge is -2.13. The molecule has 4 nitrogen and oxygen atoms in total. The third kappa shape index (κ3) is 1.84. The molecule has 0 bridgehead atoms. The number of hydrogen-bond acceptors (Lipinski definition) is 4. The highest BCUT2D eigenvalue weighted by Gasteiger charge is 2.62. The van der Waals surface area contributed by atoms with Gasteiger partial charge in [-0.2, -0.15) is 0 Å². The summed E-state index contributed by atoms with van der Waals surface area (Å²) in [6.45, 7) is 0.292. The quantitative estimate of drug-likeness (QED) is 0.664. The molecular formula is C7H13NO3S2. The largest absolute Gasteiger partial charge is 0.393 e. The Hall–Kier alpha value is -0.200. The Labute approximate surface area is 83.4 Å². The zero-order valence-corrected chi connectivity index (χ0v) is 9.24. The van der Waals surface area contributed by atoms with E-state index in [9.17, 15) is 8.42 Å². The zero-order valence-electron chi connectivity index (χ0n) is 7.61. The second-order valence-electron chi connectivity index (χ2n) is 3.48. The average Bonchev–Trinajstić information content (AvgIpc) is 2.63. The van der Waals surface area contributed by atoms with Crippen molar-refractivity contribution in [2.45, 2.75) is 11.7 Å². The van der Waals surface area contributed by atoms with Crippen molar-refractivity contribution >= 4 is 27.0 Å². The lowest BCUT2D eigenvalue weighted by molar-refractivity contribution is 0.169. The van der Waals surface area contributed by atoms with Crippen molar-refractivity contribution in [1.82, 2.24) is 0 Å². The molecule has 0 aromatic heterocycles. The first-order chi connectivity index (χ1) is 5.84. The smallest absolute Gasteiger partial charge is 0.151 e. The minimum absolute atomic E-state index is 0.241. The minimum Gasteiger partial charge on any atom is -0.393 e. The van der Waals surface area contributed by atoms with Gasteiger partial charge in [0.25, 0.3) is 0 Å². The van der Waals surface area contributed by atoms with Gasteiger partial charge in [0.05, 0.1) is 22.3 Å². The van der Waals surface area contributed by atoms with E-state index in [1.165, 1.54) is 13.4 Å². The molecular weight excluding hydrogens is 210 g/mol. The Kier molecular flexibility index (Phi) is 2.66. The van der Waals surface area contributed by atoms with Crippen molar-refractivity contribution < 1.29 is 13.2 Å². The number of hydrogen-bond donors (Lipinski definition) is 1. The molecule has 0 radical (unpaired) electrons. The van der Waals surface area contributed by atoms with Crippen LogP contribution < -0.4 is 5.73 Å². The van der Waals surface area contributed by atoms with Gasteiger partial charge in [-0.1, -0.05) is 12.2 Å². The molecule has 1 aliphatic carbocycles. The number of nitrogens with two attached hydrogens (primary N) is 1. The molecule has 0 aromatic carbocycles. The van der Waals surface area contributed by atoms with Crippen LogP contribution in [0, 0.1) is 5.41 Å². The van der Waals surface area contributed by atoms with E-state index in [0.29, 0.717) is 13.0 Å². The molecule has 1 rings (SSSR count). The Morgan fingerprint density at radius 2 is 2.31 bits per heavy atom. The summed E-state index contributed by atoms with van der Waals surface area (Å²) in [7, 11) is -1.54. The van der Waals surface area contributed by atoms with Gasteiger partial charge in [-0.15, -0.1) is 0 Å². The van der Waals surface area contributed by atoms with Crippen molar-refractivity contribution in [3.63, 3.8) is 0 Å². The summed E-state index contributed by atoms with van der Waals surface area (Å²) in [6, 6.07) is 0. The van der Waals surface area contributed by atoms with E-state index in [1.807, 2.05) is 0 Å². The highest BCUT2D eigenvalue weighted by molar-refractivity contribution is 7.91. The SMILES string of the molecule is COCC1(C(N)=S)CC1S(C)(=O)=O. The molecule has 0 heterocycles.